The number of benzene rings is 1. The number of pyridine rings is 1. The lowest BCUT2D eigenvalue weighted by atomic mass is 10.2. The van der Waals surface area contributed by atoms with Gasteiger partial charge in [0.25, 0.3) is 0 Å². The molecule has 0 amide bonds. The van der Waals surface area contributed by atoms with E-state index in [4.69, 9.17) is 15.6 Å². The van der Waals surface area contributed by atoms with Crippen molar-refractivity contribution in [2.24, 2.45) is 0 Å². The molecule has 0 aliphatic rings. The number of aromatic carboxylic acids is 1. The van der Waals surface area contributed by atoms with Gasteiger partial charge >= 0.3 is 5.97 Å². The number of rotatable bonds is 4. The smallest absolute Gasteiger partial charge is 0.354 e. The van der Waals surface area contributed by atoms with Gasteiger partial charge in [0.05, 0.1) is 18.5 Å². The van der Waals surface area contributed by atoms with Gasteiger partial charge in [0.1, 0.15) is 5.75 Å². The fourth-order valence-corrected chi connectivity index (χ4v) is 1.87. The average molecular weight is 273 g/mol. The van der Waals surface area contributed by atoms with Gasteiger partial charge in [-0.25, -0.2) is 9.78 Å². The van der Waals surface area contributed by atoms with E-state index >= 15 is 0 Å². The molecule has 2 rings (SSSR count). The first kappa shape index (κ1) is 13.7. The molecule has 0 saturated heterocycles. The molecule has 0 unspecified atom stereocenters. The Morgan fingerprint density at radius 1 is 1.30 bits per heavy atom. The van der Waals surface area contributed by atoms with Crippen molar-refractivity contribution in [3.63, 3.8) is 0 Å². The molecule has 1 aromatic heterocycles. The molecule has 0 aliphatic carbocycles. The van der Waals surface area contributed by atoms with Gasteiger partial charge in [0.2, 0.25) is 0 Å². The number of hydrogen-bond acceptors (Lipinski definition) is 5. The third-order valence-electron chi connectivity index (χ3n) is 2.89. The molecule has 0 spiro atoms. The van der Waals surface area contributed by atoms with Crippen LogP contribution >= 0.6 is 0 Å². The Morgan fingerprint density at radius 2 is 2.00 bits per heavy atom. The number of nitrogens with two attached hydrogens (primary N) is 1. The molecule has 6 nitrogen and oxygen atoms in total. The third-order valence-corrected chi connectivity index (χ3v) is 2.89. The lowest BCUT2D eigenvalue weighted by Crippen LogP contribution is -2.16. The average Bonchev–Trinajstić information content (AvgIpc) is 2.46. The zero-order chi connectivity index (χ0) is 14.7. The fraction of sp³-hybridized carbons (Fsp3) is 0.143. The van der Waals surface area contributed by atoms with Gasteiger partial charge in [-0.3, -0.25) is 0 Å². The van der Waals surface area contributed by atoms with Crippen molar-refractivity contribution in [1.82, 2.24) is 4.98 Å². The van der Waals surface area contributed by atoms with Gasteiger partial charge in [0.15, 0.2) is 11.5 Å². The highest BCUT2D eigenvalue weighted by Crippen LogP contribution is 2.33. The van der Waals surface area contributed by atoms with Crippen LogP contribution in [0.2, 0.25) is 0 Å². The molecular formula is C14H15N3O3. The minimum Gasteiger partial charge on any atom is -0.495 e. The summed E-state index contributed by atoms with van der Waals surface area (Å²) in [6, 6.07) is 10.2. The maximum atomic E-state index is 11.0. The van der Waals surface area contributed by atoms with Crippen molar-refractivity contribution in [1.29, 1.82) is 0 Å². The lowest BCUT2D eigenvalue weighted by Gasteiger charge is -2.22. The number of carbonyl (C=O) groups is 1. The van der Waals surface area contributed by atoms with Crippen LogP contribution in [-0.4, -0.2) is 30.2 Å². The van der Waals surface area contributed by atoms with Crippen molar-refractivity contribution in [2.75, 3.05) is 24.8 Å². The summed E-state index contributed by atoms with van der Waals surface area (Å²) in [5.41, 5.74) is 6.96. The Bertz CT molecular complexity index is 643. The number of carboxylic acids is 1. The molecule has 0 aliphatic heterocycles. The maximum absolute atomic E-state index is 11.0. The minimum absolute atomic E-state index is 0.0593. The minimum atomic E-state index is -1.10. The normalized spacial score (nSPS) is 10.1. The van der Waals surface area contributed by atoms with Crippen LogP contribution in [0.3, 0.4) is 0 Å². The second-order valence-corrected chi connectivity index (χ2v) is 4.15. The summed E-state index contributed by atoms with van der Waals surface area (Å²) >= 11 is 0. The van der Waals surface area contributed by atoms with Gasteiger partial charge in [-0.2, -0.15) is 0 Å². The molecule has 0 bridgehead atoms. The van der Waals surface area contributed by atoms with E-state index in [-0.39, 0.29) is 5.69 Å². The van der Waals surface area contributed by atoms with Crippen LogP contribution in [0.4, 0.5) is 17.2 Å². The summed E-state index contributed by atoms with van der Waals surface area (Å²) in [4.78, 5) is 16.8. The van der Waals surface area contributed by atoms with Crippen LogP contribution < -0.4 is 15.4 Å². The fourth-order valence-electron chi connectivity index (χ4n) is 1.87. The van der Waals surface area contributed by atoms with Gasteiger partial charge in [-0.15, -0.1) is 0 Å². The van der Waals surface area contributed by atoms with Crippen molar-refractivity contribution < 1.29 is 14.6 Å². The zero-order valence-electron chi connectivity index (χ0n) is 11.2. The van der Waals surface area contributed by atoms with Gasteiger partial charge in [0, 0.05) is 7.05 Å². The Hall–Kier alpha value is -2.76. The summed E-state index contributed by atoms with van der Waals surface area (Å²) in [7, 11) is 3.32. The number of methoxy groups -OCH3 is 1. The van der Waals surface area contributed by atoms with Crippen molar-refractivity contribution in [2.45, 2.75) is 0 Å². The lowest BCUT2D eigenvalue weighted by molar-refractivity contribution is 0.0690. The topological polar surface area (TPSA) is 88.7 Å². The number of nitrogens with zero attached hydrogens (tertiary/aromatic N) is 2. The standard InChI is InChI=1S/C14H15N3O3/c1-17(11-5-3-4-6-12(11)20-2)13-9(15)7-8-10(16-13)14(18)19/h3-8H,15H2,1-2H3,(H,18,19). The van der Waals surface area contributed by atoms with Crippen molar-refractivity contribution >= 4 is 23.2 Å². The summed E-state index contributed by atoms with van der Waals surface area (Å²) in [6.07, 6.45) is 0. The van der Waals surface area contributed by atoms with E-state index in [1.165, 1.54) is 12.1 Å². The molecule has 1 heterocycles. The van der Waals surface area contributed by atoms with Crippen molar-refractivity contribution in [3.05, 3.63) is 42.1 Å². The predicted octanol–water partition coefficient (Wildman–Crippen LogP) is 2.14. The molecule has 1 aromatic carbocycles. The van der Waals surface area contributed by atoms with E-state index < -0.39 is 5.97 Å². The maximum Gasteiger partial charge on any atom is 0.354 e. The molecular weight excluding hydrogens is 258 g/mol. The zero-order valence-corrected chi connectivity index (χ0v) is 11.2. The van der Waals surface area contributed by atoms with Crippen LogP contribution in [-0.2, 0) is 0 Å². The largest absolute Gasteiger partial charge is 0.495 e. The molecule has 20 heavy (non-hydrogen) atoms. The van der Waals surface area contributed by atoms with E-state index in [1.54, 1.807) is 19.1 Å². The molecule has 2 aromatic rings. The van der Waals surface area contributed by atoms with Crippen LogP contribution in [0.1, 0.15) is 10.5 Å². The van der Waals surface area contributed by atoms with Crippen LogP contribution in [0.25, 0.3) is 0 Å². The second-order valence-electron chi connectivity index (χ2n) is 4.15. The number of nitrogen functional groups attached to an aromatic ring is 1. The highest BCUT2D eigenvalue weighted by atomic mass is 16.5. The summed E-state index contributed by atoms with van der Waals surface area (Å²) in [6.45, 7) is 0. The predicted molar refractivity (Wildman–Crippen MR) is 76.7 cm³/mol. The van der Waals surface area contributed by atoms with E-state index in [0.717, 1.165) is 5.69 Å². The molecule has 0 fully saturated rings. The van der Waals surface area contributed by atoms with Crippen LogP contribution in [0.5, 0.6) is 5.75 Å². The van der Waals surface area contributed by atoms with Gasteiger partial charge in [-0.05, 0) is 24.3 Å². The number of aromatic nitrogens is 1. The van der Waals surface area contributed by atoms with E-state index in [0.29, 0.717) is 17.3 Å². The first-order valence-corrected chi connectivity index (χ1v) is 5.91. The SMILES string of the molecule is COc1ccccc1N(C)c1nc(C(=O)O)ccc1N. The summed E-state index contributed by atoms with van der Waals surface area (Å²) in [5, 5.41) is 9.01. The highest BCUT2D eigenvalue weighted by Gasteiger charge is 2.15. The molecule has 0 atom stereocenters. The summed E-state index contributed by atoms with van der Waals surface area (Å²) in [5.74, 6) is -0.0778. The third kappa shape index (κ3) is 2.49. The number of ether oxygens (including phenoxy) is 1. The molecule has 0 radical (unpaired) electrons. The van der Waals surface area contributed by atoms with Crippen LogP contribution in [0, 0.1) is 0 Å². The van der Waals surface area contributed by atoms with Crippen LogP contribution in [0.15, 0.2) is 36.4 Å². The number of hydrogen-bond donors (Lipinski definition) is 2. The Morgan fingerprint density at radius 3 is 2.65 bits per heavy atom. The number of anilines is 3. The van der Waals surface area contributed by atoms with Gasteiger partial charge < -0.3 is 20.5 Å². The monoisotopic (exact) mass is 273 g/mol. The number of carboxylic acid groups (broad SMARTS) is 1. The second kappa shape index (κ2) is 5.48. The molecule has 3 N–H and O–H groups in total. The quantitative estimate of drug-likeness (QED) is 0.887. The van der Waals surface area contributed by atoms with E-state index in [2.05, 4.69) is 4.98 Å². The van der Waals surface area contributed by atoms with E-state index in [1.807, 2.05) is 24.3 Å². The molecule has 0 saturated carbocycles. The van der Waals surface area contributed by atoms with E-state index in [9.17, 15) is 4.79 Å². The first-order chi connectivity index (χ1) is 9.54. The Labute approximate surface area is 116 Å². The molecule has 104 valence electrons. The number of para-hydroxylation sites is 2. The Kier molecular flexibility index (Phi) is 3.74. The summed E-state index contributed by atoms with van der Waals surface area (Å²) < 4.78 is 5.28. The van der Waals surface area contributed by atoms with Crippen molar-refractivity contribution in [3.8, 4) is 5.75 Å². The Balaban J connectivity index is 2.50. The molecule has 6 heteroatoms. The van der Waals surface area contributed by atoms with Gasteiger partial charge in [-0.1, -0.05) is 12.1 Å². The highest BCUT2D eigenvalue weighted by molar-refractivity contribution is 5.87. The first-order valence-electron chi connectivity index (χ1n) is 5.91.